The van der Waals surface area contributed by atoms with Crippen LogP contribution in [0.25, 0.3) is 0 Å². The van der Waals surface area contributed by atoms with Crippen molar-refractivity contribution in [3.05, 3.63) is 23.9 Å². The summed E-state index contributed by atoms with van der Waals surface area (Å²) in [5.74, 6) is -0.108. The van der Waals surface area contributed by atoms with Gasteiger partial charge >= 0.3 is 5.97 Å². The number of hydrogen-bond donors (Lipinski definition) is 1. The van der Waals surface area contributed by atoms with E-state index in [0.29, 0.717) is 11.4 Å². The third-order valence-corrected chi connectivity index (χ3v) is 4.27. The highest BCUT2D eigenvalue weighted by atomic mass is 32.2. The lowest BCUT2D eigenvalue weighted by molar-refractivity contribution is -0.140. The molecule has 1 aromatic heterocycles. The summed E-state index contributed by atoms with van der Waals surface area (Å²) in [4.78, 5) is 15.0. The molecule has 0 aliphatic heterocycles. The average Bonchev–Trinajstić information content (AvgIpc) is 2.50. The van der Waals surface area contributed by atoms with Crippen LogP contribution in [0.15, 0.2) is 18.3 Å². The summed E-state index contributed by atoms with van der Waals surface area (Å²) < 4.78 is 37.0. The molecule has 0 radical (unpaired) electrons. The van der Waals surface area contributed by atoms with Crippen molar-refractivity contribution < 1.29 is 22.7 Å². The highest BCUT2D eigenvalue weighted by Gasteiger charge is 2.19. The number of pyridine rings is 1. The molecule has 0 aliphatic rings. The fraction of sp³-hybridized carbons (Fsp3) is 0.500. The predicted molar refractivity (Wildman–Crippen MR) is 75.8 cm³/mol. The molecule has 1 heterocycles. The number of nitrogens with one attached hydrogen (secondary N) is 1. The van der Waals surface area contributed by atoms with Crippen molar-refractivity contribution in [2.24, 2.45) is 0 Å². The molecule has 0 aliphatic carbocycles. The molecule has 0 saturated carbocycles. The zero-order valence-electron chi connectivity index (χ0n) is 12.2. The molecular formula is C12H19N3O5S. The molecule has 0 saturated heterocycles. The Morgan fingerprint density at radius 2 is 2.14 bits per heavy atom. The van der Waals surface area contributed by atoms with E-state index < -0.39 is 16.2 Å². The largest absolute Gasteiger partial charge is 0.481 e. The summed E-state index contributed by atoms with van der Waals surface area (Å²) >= 11 is 0. The molecular weight excluding hydrogens is 298 g/mol. The zero-order valence-corrected chi connectivity index (χ0v) is 13.0. The summed E-state index contributed by atoms with van der Waals surface area (Å²) in [5, 5.41) is 0. The lowest BCUT2D eigenvalue weighted by Crippen LogP contribution is -2.39. The van der Waals surface area contributed by atoms with Gasteiger partial charge in [-0.1, -0.05) is 6.07 Å². The fourth-order valence-electron chi connectivity index (χ4n) is 1.49. The van der Waals surface area contributed by atoms with E-state index in [1.54, 1.807) is 18.3 Å². The molecule has 21 heavy (non-hydrogen) atoms. The Bertz CT molecular complexity index is 576. The number of ether oxygens (including phenoxy) is 2. The maximum atomic E-state index is 12.0. The Kier molecular flexibility index (Phi) is 6.53. The summed E-state index contributed by atoms with van der Waals surface area (Å²) in [6, 6.07) is 3.40. The number of esters is 1. The summed E-state index contributed by atoms with van der Waals surface area (Å²) in [6.07, 6.45) is 1.55. The van der Waals surface area contributed by atoms with Crippen molar-refractivity contribution in [3.8, 4) is 5.88 Å². The van der Waals surface area contributed by atoms with Crippen molar-refractivity contribution in [2.75, 3.05) is 27.8 Å². The van der Waals surface area contributed by atoms with E-state index in [2.05, 4.69) is 14.4 Å². The van der Waals surface area contributed by atoms with Gasteiger partial charge in [0.2, 0.25) is 5.88 Å². The van der Waals surface area contributed by atoms with Crippen LogP contribution >= 0.6 is 0 Å². The first-order valence-electron chi connectivity index (χ1n) is 6.16. The monoisotopic (exact) mass is 317 g/mol. The Hall–Kier alpha value is -1.71. The molecule has 0 atom stereocenters. The SMILES string of the molecule is COC(=O)CCN(C)S(=O)(=O)NCc1cccnc1OC. The zero-order chi connectivity index (χ0) is 15.9. The van der Waals surface area contributed by atoms with Gasteiger partial charge < -0.3 is 9.47 Å². The van der Waals surface area contributed by atoms with Crippen LogP contribution in [0.5, 0.6) is 5.88 Å². The second-order valence-electron chi connectivity index (χ2n) is 4.15. The number of nitrogens with zero attached hydrogens (tertiary/aromatic N) is 2. The standard InChI is InChI=1S/C12H19N3O5S/c1-15(8-6-11(16)19-2)21(17,18)14-9-10-5-4-7-13-12(10)20-3/h4-5,7,14H,6,8-9H2,1-3H3. The van der Waals surface area contributed by atoms with Crippen LogP contribution in [0, 0.1) is 0 Å². The van der Waals surface area contributed by atoms with Crippen LogP contribution in [-0.4, -0.2) is 51.5 Å². The van der Waals surface area contributed by atoms with E-state index in [4.69, 9.17) is 4.74 Å². The molecule has 1 N–H and O–H groups in total. The minimum Gasteiger partial charge on any atom is -0.481 e. The number of carbonyl (C=O) groups excluding carboxylic acids is 1. The quantitative estimate of drug-likeness (QED) is 0.674. The van der Waals surface area contributed by atoms with Crippen LogP contribution in [0.1, 0.15) is 12.0 Å². The first-order valence-corrected chi connectivity index (χ1v) is 7.60. The number of carbonyl (C=O) groups is 1. The fourth-order valence-corrected chi connectivity index (χ4v) is 2.38. The Morgan fingerprint density at radius 1 is 1.43 bits per heavy atom. The topological polar surface area (TPSA) is 97.8 Å². The Labute approximate surface area is 124 Å². The van der Waals surface area contributed by atoms with Crippen LogP contribution in [0.4, 0.5) is 0 Å². The molecule has 0 unspecified atom stereocenters. The normalized spacial score (nSPS) is 11.4. The van der Waals surface area contributed by atoms with E-state index in [9.17, 15) is 13.2 Å². The van der Waals surface area contributed by atoms with Crippen molar-refractivity contribution in [1.82, 2.24) is 14.0 Å². The van der Waals surface area contributed by atoms with Crippen LogP contribution < -0.4 is 9.46 Å². The summed E-state index contributed by atoms with van der Waals surface area (Å²) in [5.41, 5.74) is 0.616. The van der Waals surface area contributed by atoms with E-state index in [0.717, 1.165) is 4.31 Å². The maximum Gasteiger partial charge on any atom is 0.306 e. The number of aromatic nitrogens is 1. The van der Waals surface area contributed by atoms with Crippen molar-refractivity contribution >= 4 is 16.2 Å². The molecule has 1 rings (SSSR count). The van der Waals surface area contributed by atoms with E-state index in [-0.39, 0.29) is 19.5 Å². The average molecular weight is 317 g/mol. The number of rotatable bonds is 8. The third-order valence-electron chi connectivity index (χ3n) is 2.76. The van der Waals surface area contributed by atoms with Gasteiger partial charge in [-0.3, -0.25) is 4.79 Å². The lowest BCUT2D eigenvalue weighted by atomic mass is 10.3. The third kappa shape index (κ3) is 5.29. The van der Waals surface area contributed by atoms with E-state index in [1.165, 1.54) is 21.3 Å². The minimum absolute atomic E-state index is 0.00980. The van der Waals surface area contributed by atoms with Crippen LogP contribution in [0.2, 0.25) is 0 Å². The second-order valence-corrected chi connectivity index (χ2v) is 6.01. The highest BCUT2D eigenvalue weighted by Crippen LogP contribution is 2.13. The van der Waals surface area contributed by atoms with Gasteiger partial charge in [0.15, 0.2) is 0 Å². The Balaban J connectivity index is 2.61. The van der Waals surface area contributed by atoms with Crippen molar-refractivity contribution in [1.29, 1.82) is 0 Å². The van der Waals surface area contributed by atoms with Crippen LogP contribution in [-0.2, 0) is 26.3 Å². The van der Waals surface area contributed by atoms with Gasteiger partial charge in [0.1, 0.15) is 0 Å². The second kappa shape index (κ2) is 7.91. The molecule has 0 aromatic carbocycles. The molecule has 0 amide bonds. The van der Waals surface area contributed by atoms with Crippen molar-refractivity contribution in [3.63, 3.8) is 0 Å². The van der Waals surface area contributed by atoms with Gasteiger partial charge in [-0.05, 0) is 6.07 Å². The highest BCUT2D eigenvalue weighted by molar-refractivity contribution is 7.87. The van der Waals surface area contributed by atoms with Gasteiger partial charge in [0, 0.05) is 31.9 Å². The molecule has 0 spiro atoms. The predicted octanol–water partition coefficient (Wildman–Crippen LogP) is -0.0805. The Morgan fingerprint density at radius 3 is 2.76 bits per heavy atom. The van der Waals surface area contributed by atoms with Gasteiger partial charge in [-0.15, -0.1) is 0 Å². The molecule has 8 nitrogen and oxygen atoms in total. The molecule has 118 valence electrons. The molecule has 0 bridgehead atoms. The number of methoxy groups -OCH3 is 2. The minimum atomic E-state index is -3.70. The maximum absolute atomic E-state index is 12.0. The van der Waals surface area contributed by atoms with Gasteiger partial charge in [-0.25, -0.2) is 4.98 Å². The first-order chi connectivity index (χ1) is 9.90. The molecule has 9 heteroatoms. The smallest absolute Gasteiger partial charge is 0.306 e. The first kappa shape index (κ1) is 17.3. The lowest BCUT2D eigenvalue weighted by Gasteiger charge is -2.17. The number of hydrogen-bond acceptors (Lipinski definition) is 6. The van der Waals surface area contributed by atoms with Gasteiger partial charge in [0.25, 0.3) is 10.2 Å². The van der Waals surface area contributed by atoms with Crippen molar-refractivity contribution in [2.45, 2.75) is 13.0 Å². The summed E-state index contributed by atoms with van der Waals surface area (Å²) in [7, 11) is 0.400. The van der Waals surface area contributed by atoms with Gasteiger partial charge in [-0.2, -0.15) is 17.4 Å². The molecule has 1 aromatic rings. The molecule has 0 fully saturated rings. The van der Waals surface area contributed by atoms with Crippen LogP contribution in [0.3, 0.4) is 0 Å². The summed E-state index contributed by atoms with van der Waals surface area (Å²) in [6.45, 7) is 0.0775. The van der Waals surface area contributed by atoms with E-state index >= 15 is 0 Å². The van der Waals surface area contributed by atoms with Gasteiger partial charge in [0.05, 0.1) is 20.6 Å². The van der Waals surface area contributed by atoms with E-state index in [1.807, 2.05) is 0 Å².